The molecule has 0 unspecified atom stereocenters. The molecule has 2 amide bonds. The Morgan fingerprint density at radius 2 is 1.73 bits per heavy atom. The van der Waals surface area contributed by atoms with Crippen LogP contribution in [-0.4, -0.2) is 37.6 Å². The summed E-state index contributed by atoms with van der Waals surface area (Å²) in [6.07, 6.45) is 7.02. The molecule has 3 rings (SSSR count). The third kappa shape index (κ3) is 4.43. The van der Waals surface area contributed by atoms with Crippen molar-refractivity contribution in [3.8, 4) is 0 Å². The van der Waals surface area contributed by atoms with Gasteiger partial charge in [-0.15, -0.1) is 0 Å². The molecule has 4 N–H and O–H groups in total. The van der Waals surface area contributed by atoms with Crippen molar-refractivity contribution in [3.05, 3.63) is 29.8 Å². The lowest BCUT2D eigenvalue weighted by atomic mass is 9.79. The second kappa shape index (κ2) is 8.64. The smallest absolute Gasteiger partial charge is 0.251 e. The maximum absolute atomic E-state index is 12.7. The SMILES string of the molecule is NCC1(C(=O)Nc2ccc(C(=O)NC3CCCCC3)cc2)CCOCC1. The molecule has 142 valence electrons. The van der Waals surface area contributed by atoms with Crippen molar-refractivity contribution in [1.29, 1.82) is 0 Å². The minimum atomic E-state index is -0.560. The van der Waals surface area contributed by atoms with Gasteiger partial charge in [0.15, 0.2) is 0 Å². The maximum Gasteiger partial charge on any atom is 0.251 e. The fraction of sp³-hybridized carbons (Fsp3) is 0.600. The zero-order chi connectivity index (χ0) is 18.4. The molecule has 0 radical (unpaired) electrons. The Balaban J connectivity index is 1.58. The summed E-state index contributed by atoms with van der Waals surface area (Å²) >= 11 is 0. The highest BCUT2D eigenvalue weighted by Crippen LogP contribution is 2.31. The Labute approximate surface area is 154 Å². The van der Waals surface area contributed by atoms with Crippen LogP contribution in [-0.2, 0) is 9.53 Å². The quantitative estimate of drug-likeness (QED) is 0.753. The van der Waals surface area contributed by atoms with E-state index in [-0.39, 0.29) is 17.9 Å². The van der Waals surface area contributed by atoms with Gasteiger partial charge in [-0.25, -0.2) is 0 Å². The average Bonchev–Trinajstić information content (AvgIpc) is 2.69. The first-order valence-corrected chi connectivity index (χ1v) is 9.63. The van der Waals surface area contributed by atoms with Gasteiger partial charge in [0.05, 0.1) is 5.41 Å². The van der Waals surface area contributed by atoms with Gasteiger partial charge in [0, 0.05) is 37.1 Å². The number of anilines is 1. The molecule has 1 saturated carbocycles. The van der Waals surface area contributed by atoms with E-state index in [1.165, 1.54) is 19.3 Å². The number of amides is 2. The van der Waals surface area contributed by atoms with Crippen LogP contribution in [0.5, 0.6) is 0 Å². The topological polar surface area (TPSA) is 93.5 Å². The van der Waals surface area contributed by atoms with E-state index in [2.05, 4.69) is 10.6 Å². The first kappa shape index (κ1) is 18.9. The normalized spacial score (nSPS) is 20.3. The van der Waals surface area contributed by atoms with Crippen molar-refractivity contribution in [1.82, 2.24) is 5.32 Å². The summed E-state index contributed by atoms with van der Waals surface area (Å²) in [5.74, 6) is -0.111. The van der Waals surface area contributed by atoms with Crippen molar-refractivity contribution in [2.75, 3.05) is 25.1 Å². The van der Waals surface area contributed by atoms with E-state index in [0.29, 0.717) is 43.9 Å². The van der Waals surface area contributed by atoms with Gasteiger partial charge in [0.1, 0.15) is 0 Å². The fourth-order valence-electron chi connectivity index (χ4n) is 3.77. The minimum Gasteiger partial charge on any atom is -0.381 e. The zero-order valence-corrected chi connectivity index (χ0v) is 15.3. The minimum absolute atomic E-state index is 0.0439. The van der Waals surface area contributed by atoms with E-state index < -0.39 is 5.41 Å². The number of benzene rings is 1. The molecule has 1 saturated heterocycles. The Hall–Kier alpha value is -1.92. The molecule has 1 heterocycles. The second-order valence-corrected chi connectivity index (χ2v) is 7.44. The Kier molecular flexibility index (Phi) is 6.27. The van der Waals surface area contributed by atoms with Crippen molar-refractivity contribution in [3.63, 3.8) is 0 Å². The molecule has 0 atom stereocenters. The van der Waals surface area contributed by atoms with Crippen molar-refractivity contribution < 1.29 is 14.3 Å². The summed E-state index contributed by atoms with van der Waals surface area (Å²) in [4.78, 5) is 25.0. The molecule has 0 spiro atoms. The highest BCUT2D eigenvalue weighted by atomic mass is 16.5. The molecule has 0 aromatic heterocycles. The van der Waals surface area contributed by atoms with Crippen LogP contribution < -0.4 is 16.4 Å². The summed E-state index contributed by atoms with van der Waals surface area (Å²) in [5, 5.41) is 6.05. The third-order valence-corrected chi connectivity index (χ3v) is 5.67. The summed E-state index contributed by atoms with van der Waals surface area (Å²) < 4.78 is 5.35. The van der Waals surface area contributed by atoms with Gasteiger partial charge in [-0.1, -0.05) is 19.3 Å². The Bertz CT molecular complexity index is 618. The number of carbonyl (C=O) groups excluding carboxylic acids is 2. The lowest BCUT2D eigenvalue weighted by Gasteiger charge is -2.34. The molecule has 6 heteroatoms. The molecule has 6 nitrogen and oxygen atoms in total. The van der Waals surface area contributed by atoms with Crippen LogP contribution in [0.25, 0.3) is 0 Å². The summed E-state index contributed by atoms with van der Waals surface area (Å²) in [5.41, 5.74) is 6.62. The van der Waals surface area contributed by atoms with E-state index in [1.54, 1.807) is 24.3 Å². The molecule has 1 aliphatic heterocycles. The molecular formula is C20H29N3O3. The van der Waals surface area contributed by atoms with E-state index in [1.807, 2.05) is 0 Å². The zero-order valence-electron chi connectivity index (χ0n) is 15.3. The first-order chi connectivity index (χ1) is 12.6. The van der Waals surface area contributed by atoms with Gasteiger partial charge >= 0.3 is 0 Å². The molecule has 26 heavy (non-hydrogen) atoms. The molecular weight excluding hydrogens is 330 g/mol. The van der Waals surface area contributed by atoms with Crippen LogP contribution in [0.1, 0.15) is 55.3 Å². The standard InChI is InChI=1S/C20H29N3O3/c21-14-20(10-12-26-13-11-20)19(25)23-17-8-6-15(7-9-17)18(24)22-16-4-2-1-3-5-16/h6-9,16H,1-5,10-14,21H2,(H,22,24)(H,23,25). The van der Waals surface area contributed by atoms with E-state index in [4.69, 9.17) is 10.5 Å². The third-order valence-electron chi connectivity index (χ3n) is 5.67. The predicted molar refractivity (Wildman–Crippen MR) is 101 cm³/mol. The van der Waals surface area contributed by atoms with Crippen molar-refractivity contribution >= 4 is 17.5 Å². The number of nitrogens with two attached hydrogens (primary N) is 1. The number of rotatable bonds is 5. The van der Waals surface area contributed by atoms with Crippen LogP contribution >= 0.6 is 0 Å². The van der Waals surface area contributed by atoms with Gasteiger partial charge in [-0.2, -0.15) is 0 Å². The number of hydrogen-bond donors (Lipinski definition) is 3. The Morgan fingerprint density at radius 1 is 1.08 bits per heavy atom. The van der Waals surface area contributed by atoms with Gasteiger partial charge in [0.25, 0.3) is 5.91 Å². The molecule has 0 bridgehead atoms. The van der Waals surface area contributed by atoms with Gasteiger partial charge in [-0.05, 0) is 49.9 Å². The van der Waals surface area contributed by atoms with Crippen molar-refractivity contribution in [2.45, 2.75) is 51.0 Å². The van der Waals surface area contributed by atoms with Crippen LogP contribution in [0, 0.1) is 5.41 Å². The monoisotopic (exact) mass is 359 g/mol. The fourth-order valence-corrected chi connectivity index (χ4v) is 3.77. The molecule has 1 aromatic carbocycles. The van der Waals surface area contributed by atoms with E-state index >= 15 is 0 Å². The predicted octanol–water partition coefficient (Wildman–Crippen LogP) is 2.44. The highest BCUT2D eigenvalue weighted by molar-refractivity contribution is 5.97. The maximum atomic E-state index is 12.7. The number of hydrogen-bond acceptors (Lipinski definition) is 4. The van der Waals surface area contributed by atoms with Crippen LogP contribution in [0.3, 0.4) is 0 Å². The van der Waals surface area contributed by atoms with Gasteiger partial charge in [0.2, 0.25) is 5.91 Å². The average molecular weight is 359 g/mol. The number of nitrogens with one attached hydrogen (secondary N) is 2. The lowest BCUT2D eigenvalue weighted by molar-refractivity contribution is -0.130. The van der Waals surface area contributed by atoms with E-state index in [9.17, 15) is 9.59 Å². The Morgan fingerprint density at radius 3 is 2.35 bits per heavy atom. The lowest BCUT2D eigenvalue weighted by Crippen LogP contribution is -2.46. The molecule has 1 aliphatic carbocycles. The van der Waals surface area contributed by atoms with E-state index in [0.717, 1.165) is 12.8 Å². The van der Waals surface area contributed by atoms with Gasteiger partial charge < -0.3 is 21.1 Å². The van der Waals surface area contributed by atoms with Gasteiger partial charge in [-0.3, -0.25) is 9.59 Å². The summed E-state index contributed by atoms with van der Waals surface area (Å²) in [7, 11) is 0. The summed E-state index contributed by atoms with van der Waals surface area (Å²) in [6.45, 7) is 1.43. The molecule has 1 aromatic rings. The summed E-state index contributed by atoms with van der Waals surface area (Å²) in [6, 6.07) is 7.35. The highest BCUT2D eigenvalue weighted by Gasteiger charge is 2.38. The van der Waals surface area contributed by atoms with Crippen LogP contribution in [0.4, 0.5) is 5.69 Å². The van der Waals surface area contributed by atoms with Crippen LogP contribution in [0.2, 0.25) is 0 Å². The first-order valence-electron chi connectivity index (χ1n) is 9.63. The number of carbonyl (C=O) groups is 2. The number of ether oxygens (including phenoxy) is 1. The van der Waals surface area contributed by atoms with Crippen molar-refractivity contribution in [2.24, 2.45) is 11.1 Å². The molecule has 2 fully saturated rings. The second-order valence-electron chi connectivity index (χ2n) is 7.44. The largest absolute Gasteiger partial charge is 0.381 e. The molecule has 2 aliphatic rings. The van der Waals surface area contributed by atoms with Crippen LogP contribution in [0.15, 0.2) is 24.3 Å².